The Balaban J connectivity index is 3.87. The summed E-state index contributed by atoms with van der Waals surface area (Å²) in [5.74, 6) is -1.01. The highest BCUT2D eigenvalue weighted by atomic mass is 31.2. The fraction of sp³-hybridized carbons (Fsp3) is 0.796. The number of ether oxygens (including phenoxy) is 2. The van der Waals surface area contributed by atoms with Crippen LogP contribution in [0.5, 0.6) is 0 Å². The molecule has 0 radical (unpaired) electrons. The van der Waals surface area contributed by atoms with Crippen molar-refractivity contribution in [2.45, 2.75) is 212 Å². The van der Waals surface area contributed by atoms with E-state index in [0.29, 0.717) is 12.8 Å². The third kappa shape index (κ3) is 47.1. The van der Waals surface area contributed by atoms with Crippen LogP contribution >= 0.6 is 15.6 Å². The van der Waals surface area contributed by atoms with Crippen LogP contribution < -0.4 is 0 Å². The first-order valence-electron chi connectivity index (χ1n) is 25.0. The highest BCUT2D eigenvalue weighted by Crippen LogP contribution is 2.45. The van der Waals surface area contributed by atoms with Gasteiger partial charge in [0.05, 0.1) is 26.4 Å². The molecule has 0 saturated heterocycles. The minimum absolute atomic E-state index is 0.182. The molecule has 386 valence electrons. The molecule has 17 heteroatoms. The average Bonchev–Trinajstić information content (AvgIpc) is 3.29. The maximum Gasteiger partial charge on any atom is 0.472 e. The first kappa shape index (κ1) is 64.0. The van der Waals surface area contributed by atoms with E-state index in [1.165, 1.54) is 83.5 Å². The Labute approximate surface area is 398 Å². The van der Waals surface area contributed by atoms with Crippen LogP contribution in [-0.2, 0) is 46.3 Å². The number of hydrogen-bond acceptors (Lipinski definition) is 13. The topological polar surface area (TPSA) is 225 Å². The van der Waals surface area contributed by atoms with E-state index in [1.807, 2.05) is 18.2 Å². The normalized spacial score (nSPS) is 15.4. The molecule has 0 aromatic carbocycles. The molecule has 0 aromatic heterocycles. The zero-order chi connectivity index (χ0) is 48.8. The van der Waals surface area contributed by atoms with Gasteiger partial charge in [0.1, 0.15) is 31.5 Å². The maximum absolute atomic E-state index is 12.2. The van der Waals surface area contributed by atoms with Gasteiger partial charge < -0.3 is 34.6 Å². The van der Waals surface area contributed by atoms with Crippen molar-refractivity contribution in [2.24, 2.45) is 0 Å². The minimum atomic E-state index is -4.79. The lowest BCUT2D eigenvalue weighted by Gasteiger charge is -2.19. The Hall–Kier alpha value is -2.00. The van der Waals surface area contributed by atoms with Gasteiger partial charge in [-0.05, 0) is 57.8 Å². The van der Waals surface area contributed by atoms with Gasteiger partial charge in [-0.15, -0.1) is 0 Å². The van der Waals surface area contributed by atoms with Gasteiger partial charge >= 0.3 is 27.6 Å². The van der Waals surface area contributed by atoms with Gasteiger partial charge in [-0.2, -0.15) is 0 Å². The Morgan fingerprint density at radius 1 is 0.409 bits per heavy atom. The molecule has 0 aromatic rings. The smallest absolute Gasteiger partial charge is 0.463 e. The van der Waals surface area contributed by atoms with E-state index < -0.39 is 85.5 Å². The lowest BCUT2D eigenvalue weighted by molar-refractivity contribution is -0.148. The van der Waals surface area contributed by atoms with Crippen LogP contribution in [0.3, 0.4) is 0 Å². The van der Waals surface area contributed by atoms with Crippen molar-refractivity contribution in [2.75, 3.05) is 39.6 Å². The highest BCUT2D eigenvalue weighted by Gasteiger charge is 2.28. The number of aliphatic hydroxyl groups excluding tert-OH is 3. The molecule has 66 heavy (non-hydrogen) atoms. The lowest BCUT2D eigenvalue weighted by atomic mass is 10.1. The molecule has 5 atom stereocenters. The lowest BCUT2D eigenvalue weighted by Crippen LogP contribution is -2.25. The second kappa shape index (κ2) is 45.4. The second-order valence-corrected chi connectivity index (χ2v) is 19.8. The van der Waals surface area contributed by atoms with E-state index >= 15 is 0 Å². The molecule has 0 saturated carbocycles. The van der Waals surface area contributed by atoms with Gasteiger partial charge in [0.25, 0.3) is 0 Å². The van der Waals surface area contributed by atoms with Crippen molar-refractivity contribution >= 4 is 27.6 Å². The second-order valence-electron chi connectivity index (χ2n) is 16.9. The van der Waals surface area contributed by atoms with Crippen LogP contribution in [0, 0.1) is 0 Å². The molecule has 0 fully saturated rings. The van der Waals surface area contributed by atoms with E-state index in [0.717, 1.165) is 70.6 Å². The molecule has 5 unspecified atom stereocenters. The fourth-order valence-corrected chi connectivity index (χ4v) is 8.03. The summed E-state index contributed by atoms with van der Waals surface area (Å²) in [4.78, 5) is 43.8. The number of carbonyl (C=O) groups is 2. The molecule has 0 aliphatic rings. The molecular formula is C49H90O15P2. The number of allylic oxidation sites excluding steroid dienone is 8. The zero-order valence-electron chi connectivity index (χ0n) is 40.6. The van der Waals surface area contributed by atoms with Crippen LogP contribution in [0.1, 0.15) is 194 Å². The summed E-state index contributed by atoms with van der Waals surface area (Å²) < 4.78 is 53.0. The number of phosphoric acid groups is 2. The van der Waals surface area contributed by atoms with E-state index in [9.17, 15) is 43.8 Å². The quantitative estimate of drug-likeness (QED) is 0.0126. The summed E-state index contributed by atoms with van der Waals surface area (Å²) in [6, 6.07) is 0. The van der Waals surface area contributed by atoms with Gasteiger partial charge in [0.2, 0.25) is 0 Å². The monoisotopic (exact) mass is 981 g/mol. The average molecular weight is 981 g/mol. The SMILES string of the molecule is CC/C=C/C=C/C=C/CCCCCCCCCC(=O)OCC(O)COP(=O)(O)OCC(O)COP(=O)(O)OCC(O)COC(=O)CCCCCCCCCCC/C=C/CCCCCCCC. The van der Waals surface area contributed by atoms with Crippen LogP contribution in [0.25, 0.3) is 0 Å². The summed E-state index contributed by atoms with van der Waals surface area (Å²) in [7, 11) is -9.58. The molecule has 0 bridgehead atoms. The van der Waals surface area contributed by atoms with Gasteiger partial charge in [-0.1, -0.05) is 172 Å². The third-order valence-corrected chi connectivity index (χ3v) is 12.2. The molecule has 0 aliphatic carbocycles. The van der Waals surface area contributed by atoms with Crippen molar-refractivity contribution in [3.8, 4) is 0 Å². The van der Waals surface area contributed by atoms with Crippen LogP contribution in [0.15, 0.2) is 48.6 Å². The maximum atomic E-state index is 12.2. The van der Waals surface area contributed by atoms with E-state index in [1.54, 1.807) is 0 Å². The standard InChI is InChI=1S/C49H90O15P2/c1-3-5-7-9-11-13-15-17-19-20-21-22-24-26-28-30-32-34-36-38-49(54)60-40-46(51)42-62-66(57,58)64-44-47(52)43-63-65(55,56)61-41-45(50)39-59-48(53)37-35-33-31-29-27-25-23-18-16-14-12-10-8-6-4-2/h6,8,10,12,14,16-17,19,45-47,50-52H,3-5,7,9,11,13,15,18,20-44H2,1-2H3,(H,55,56)(H,57,58)/b8-6+,12-10+,16-14+,19-17+. The summed E-state index contributed by atoms with van der Waals surface area (Å²) in [5.41, 5.74) is 0. The van der Waals surface area contributed by atoms with E-state index in [4.69, 9.17) is 14.0 Å². The fourth-order valence-electron chi connectivity index (χ4n) is 6.44. The molecule has 0 amide bonds. The van der Waals surface area contributed by atoms with Crippen LogP contribution in [0.2, 0.25) is 0 Å². The molecule has 15 nitrogen and oxygen atoms in total. The molecule has 0 spiro atoms. The summed E-state index contributed by atoms with van der Waals surface area (Å²) in [6.07, 6.45) is 42.4. The van der Waals surface area contributed by atoms with Crippen molar-refractivity contribution in [3.05, 3.63) is 48.6 Å². The number of carbonyl (C=O) groups excluding carboxylic acids is 2. The van der Waals surface area contributed by atoms with Gasteiger partial charge in [0, 0.05) is 12.8 Å². The molecule has 5 N–H and O–H groups in total. The molecular weight excluding hydrogens is 890 g/mol. The largest absolute Gasteiger partial charge is 0.472 e. The van der Waals surface area contributed by atoms with Crippen molar-refractivity contribution in [1.82, 2.24) is 0 Å². The molecule has 0 aliphatic heterocycles. The van der Waals surface area contributed by atoms with Crippen LogP contribution in [-0.4, -0.2) is 95.0 Å². The van der Waals surface area contributed by atoms with E-state index in [2.05, 4.69) is 57.8 Å². The number of esters is 2. The Kier molecular flexibility index (Phi) is 44.1. The van der Waals surface area contributed by atoms with E-state index in [-0.39, 0.29) is 12.8 Å². The summed E-state index contributed by atoms with van der Waals surface area (Å²) in [5, 5.41) is 30.0. The summed E-state index contributed by atoms with van der Waals surface area (Å²) in [6.45, 7) is 0.283. The Bertz CT molecular complexity index is 1370. The van der Waals surface area contributed by atoms with Gasteiger partial charge in [-0.3, -0.25) is 27.7 Å². The number of hydrogen-bond donors (Lipinski definition) is 5. The molecule has 0 heterocycles. The Morgan fingerprint density at radius 3 is 1.08 bits per heavy atom. The molecule has 0 rings (SSSR count). The number of unbranched alkanes of at least 4 members (excludes halogenated alkanes) is 22. The van der Waals surface area contributed by atoms with Crippen LogP contribution in [0.4, 0.5) is 0 Å². The predicted octanol–water partition coefficient (Wildman–Crippen LogP) is 11.6. The Morgan fingerprint density at radius 2 is 0.712 bits per heavy atom. The van der Waals surface area contributed by atoms with Crippen molar-refractivity contribution in [1.29, 1.82) is 0 Å². The first-order valence-corrected chi connectivity index (χ1v) is 28.0. The first-order chi connectivity index (χ1) is 31.8. The van der Waals surface area contributed by atoms with Gasteiger partial charge in [-0.25, -0.2) is 9.13 Å². The number of aliphatic hydroxyl groups is 3. The number of phosphoric ester groups is 2. The van der Waals surface area contributed by atoms with Gasteiger partial charge in [0.15, 0.2) is 0 Å². The summed E-state index contributed by atoms with van der Waals surface area (Å²) >= 11 is 0. The van der Waals surface area contributed by atoms with Crippen molar-refractivity contribution in [3.63, 3.8) is 0 Å². The zero-order valence-corrected chi connectivity index (χ0v) is 42.4. The number of rotatable bonds is 48. The third-order valence-electron chi connectivity index (χ3n) is 10.3. The predicted molar refractivity (Wildman–Crippen MR) is 261 cm³/mol. The van der Waals surface area contributed by atoms with Crippen molar-refractivity contribution < 1.29 is 71.4 Å². The highest BCUT2D eigenvalue weighted by molar-refractivity contribution is 7.47. The minimum Gasteiger partial charge on any atom is -0.463 e.